The Labute approximate surface area is 219 Å². The number of hydrogen-bond donors (Lipinski definition) is 0. The molecule has 0 radical (unpaired) electrons. The van der Waals surface area contributed by atoms with Crippen LogP contribution in [-0.2, 0) is 27.1 Å². The van der Waals surface area contributed by atoms with E-state index < -0.39 is 28.7 Å². The number of nitrogens with zero attached hydrogens (tertiary/aromatic N) is 1. The van der Waals surface area contributed by atoms with Gasteiger partial charge in [-0.25, -0.2) is 4.79 Å². The molecule has 36 heavy (non-hydrogen) atoms. The third-order valence-corrected chi connectivity index (χ3v) is 7.60. The normalized spacial score (nSPS) is 13.0. The number of methoxy groups -OCH3 is 1. The number of amides is 1. The van der Waals surface area contributed by atoms with E-state index in [0.717, 1.165) is 22.9 Å². The molecule has 2 aromatic carbocycles. The van der Waals surface area contributed by atoms with Gasteiger partial charge in [0, 0.05) is 8.07 Å². The molecule has 0 heterocycles. The van der Waals surface area contributed by atoms with Gasteiger partial charge in [0.05, 0.1) is 26.9 Å². The van der Waals surface area contributed by atoms with Crippen molar-refractivity contribution in [1.82, 2.24) is 4.90 Å². The molecule has 0 N–H and O–H groups in total. The number of carbonyl (C=O) groups excluding carboxylic acids is 1. The van der Waals surface area contributed by atoms with Crippen molar-refractivity contribution < 1.29 is 23.4 Å². The minimum atomic E-state index is -2.01. The predicted octanol–water partition coefficient (Wildman–Crippen LogP) is 6.92. The van der Waals surface area contributed by atoms with Crippen LogP contribution in [-0.4, -0.2) is 53.9 Å². The molecule has 2 aromatic rings. The van der Waals surface area contributed by atoms with Crippen LogP contribution in [0, 0.1) is 0 Å². The maximum Gasteiger partial charge on any atom is 0.412 e. The van der Waals surface area contributed by atoms with Gasteiger partial charge in [-0.05, 0) is 48.9 Å². The first-order valence-electron chi connectivity index (χ1n) is 12.5. The van der Waals surface area contributed by atoms with Crippen LogP contribution in [0.3, 0.4) is 0 Å². The molecule has 0 aliphatic rings. The molecular formula is C28H43NO5Si2. The van der Waals surface area contributed by atoms with E-state index in [-0.39, 0.29) is 13.2 Å². The molecule has 1 unspecified atom stereocenters. The number of rotatable bonds is 14. The van der Waals surface area contributed by atoms with Crippen LogP contribution in [0.4, 0.5) is 4.79 Å². The first-order chi connectivity index (χ1) is 17.0. The summed E-state index contributed by atoms with van der Waals surface area (Å²) in [5, 5.41) is 0. The molecule has 6 nitrogen and oxygen atoms in total. The number of carbonyl (C=O) groups is 1. The van der Waals surface area contributed by atoms with Crippen molar-refractivity contribution in [2.24, 2.45) is 0 Å². The highest BCUT2D eigenvalue weighted by molar-refractivity contribution is 6.76. The smallest absolute Gasteiger partial charge is 0.412 e. The Morgan fingerprint density at radius 2 is 1.58 bits per heavy atom. The summed E-state index contributed by atoms with van der Waals surface area (Å²) in [6.07, 6.45) is 3.26. The molecule has 1 atom stereocenters. The third kappa shape index (κ3) is 12.0. The summed E-state index contributed by atoms with van der Waals surface area (Å²) >= 11 is 0. The summed E-state index contributed by atoms with van der Waals surface area (Å²) < 4.78 is 23.4. The Morgan fingerprint density at radius 3 is 2.17 bits per heavy atom. The second kappa shape index (κ2) is 14.4. The molecule has 0 saturated heterocycles. The monoisotopic (exact) mass is 529 g/mol. The van der Waals surface area contributed by atoms with Crippen LogP contribution in [0.25, 0.3) is 0 Å². The zero-order valence-corrected chi connectivity index (χ0v) is 25.0. The molecule has 0 aromatic heterocycles. The molecular weight excluding hydrogens is 486 g/mol. The summed E-state index contributed by atoms with van der Waals surface area (Å²) in [6, 6.07) is 18.4. The average Bonchev–Trinajstić information content (AvgIpc) is 2.82. The lowest BCUT2D eigenvalue weighted by Crippen LogP contribution is -2.49. The molecule has 198 valence electrons. The van der Waals surface area contributed by atoms with Gasteiger partial charge in [-0.15, -0.1) is 0 Å². The number of ether oxygens (including phenoxy) is 3. The van der Waals surface area contributed by atoms with E-state index in [1.54, 1.807) is 12.0 Å². The highest BCUT2D eigenvalue weighted by Gasteiger charge is 2.31. The van der Waals surface area contributed by atoms with Crippen LogP contribution < -0.4 is 4.74 Å². The summed E-state index contributed by atoms with van der Waals surface area (Å²) in [5.41, 5.74) is 1.88. The van der Waals surface area contributed by atoms with Gasteiger partial charge in [0.1, 0.15) is 18.6 Å². The zero-order chi connectivity index (χ0) is 26.6. The summed E-state index contributed by atoms with van der Waals surface area (Å²) in [5.74, 6) is 0.764. The van der Waals surface area contributed by atoms with Crippen molar-refractivity contribution in [3.8, 4) is 5.75 Å². The second-order valence-electron chi connectivity index (χ2n) is 11.0. The fourth-order valence-electron chi connectivity index (χ4n) is 3.35. The molecule has 8 heteroatoms. The Hall–Kier alpha value is -2.40. The van der Waals surface area contributed by atoms with Gasteiger partial charge < -0.3 is 18.6 Å². The highest BCUT2D eigenvalue weighted by Crippen LogP contribution is 2.19. The Balaban J connectivity index is 2.18. The number of hydrogen-bond acceptors (Lipinski definition) is 5. The lowest BCUT2D eigenvalue weighted by Gasteiger charge is -2.35. The van der Waals surface area contributed by atoms with E-state index in [1.165, 1.54) is 0 Å². The third-order valence-electron chi connectivity index (χ3n) is 5.16. The minimum absolute atomic E-state index is 0.193. The van der Waals surface area contributed by atoms with Crippen LogP contribution >= 0.6 is 0 Å². The van der Waals surface area contributed by atoms with Gasteiger partial charge in [0.2, 0.25) is 0 Å². The van der Waals surface area contributed by atoms with Crippen molar-refractivity contribution in [2.75, 3.05) is 20.3 Å². The zero-order valence-electron chi connectivity index (χ0n) is 23.0. The summed E-state index contributed by atoms with van der Waals surface area (Å²) in [6.45, 7) is 14.6. The van der Waals surface area contributed by atoms with E-state index in [2.05, 4.69) is 51.4 Å². The molecule has 0 bridgehead atoms. The largest absolute Gasteiger partial charge is 0.497 e. The van der Waals surface area contributed by atoms with Gasteiger partial charge in [0.25, 0.3) is 0 Å². The predicted molar refractivity (Wildman–Crippen MR) is 151 cm³/mol. The first kappa shape index (κ1) is 29.8. The molecule has 0 fully saturated rings. The quantitative estimate of drug-likeness (QED) is 0.115. The fraction of sp³-hybridized carbons (Fsp3) is 0.464. The maximum atomic E-state index is 13.4. The highest BCUT2D eigenvalue weighted by atomic mass is 28.4. The minimum Gasteiger partial charge on any atom is -0.497 e. The second-order valence-corrected chi connectivity index (χ2v) is 21.0. The van der Waals surface area contributed by atoms with Crippen molar-refractivity contribution in [1.29, 1.82) is 0 Å². The fourth-order valence-corrected chi connectivity index (χ4v) is 5.24. The van der Waals surface area contributed by atoms with Gasteiger partial charge in [-0.2, -0.15) is 0 Å². The summed E-state index contributed by atoms with van der Waals surface area (Å²) in [4.78, 5) is 15.0. The Morgan fingerprint density at radius 1 is 0.917 bits per heavy atom. The molecule has 1 amide bonds. The molecule has 0 spiro atoms. The van der Waals surface area contributed by atoms with E-state index in [0.29, 0.717) is 13.2 Å². The Bertz CT molecular complexity index is 937. The molecule has 0 aliphatic carbocycles. The standard InChI is InChI=1S/C28H43NO5Si2/c1-31-26-17-15-24(16-18-26)21-29(28(30)33-22-25-13-9-8-10-14-25)27(34-36(5,6)7)23-32-19-11-12-20-35(2,3)4/h8-18,27H,19-23H2,1-7H3/b12-11+. The van der Waals surface area contributed by atoms with Crippen molar-refractivity contribution in [2.45, 2.75) is 64.7 Å². The van der Waals surface area contributed by atoms with Gasteiger partial charge >= 0.3 is 6.09 Å². The van der Waals surface area contributed by atoms with Gasteiger partial charge in [0.15, 0.2) is 8.32 Å². The topological polar surface area (TPSA) is 57.2 Å². The van der Waals surface area contributed by atoms with Crippen molar-refractivity contribution >= 4 is 22.5 Å². The number of allylic oxidation sites excluding steroid dienone is 1. The van der Waals surface area contributed by atoms with E-state index >= 15 is 0 Å². The first-order valence-corrected chi connectivity index (χ1v) is 19.6. The lowest BCUT2D eigenvalue weighted by atomic mass is 10.2. The molecule has 0 saturated carbocycles. The van der Waals surface area contributed by atoms with Crippen LogP contribution in [0.5, 0.6) is 5.75 Å². The average molecular weight is 530 g/mol. The van der Waals surface area contributed by atoms with Gasteiger partial charge in [-0.1, -0.05) is 74.3 Å². The van der Waals surface area contributed by atoms with Crippen molar-refractivity contribution in [3.05, 3.63) is 77.9 Å². The van der Waals surface area contributed by atoms with Gasteiger partial charge in [-0.3, -0.25) is 4.90 Å². The molecule has 2 rings (SSSR count). The SMILES string of the molecule is COc1ccc(CN(C(=O)OCc2ccccc2)C(COC/C=C/C[Si](C)(C)C)O[Si](C)(C)C)cc1. The van der Waals surface area contributed by atoms with Crippen molar-refractivity contribution in [3.63, 3.8) is 0 Å². The van der Waals surface area contributed by atoms with E-state index in [1.807, 2.05) is 54.6 Å². The van der Waals surface area contributed by atoms with E-state index in [4.69, 9.17) is 18.6 Å². The van der Waals surface area contributed by atoms with Crippen LogP contribution in [0.2, 0.25) is 45.3 Å². The van der Waals surface area contributed by atoms with E-state index in [9.17, 15) is 4.79 Å². The van der Waals surface area contributed by atoms with Crippen LogP contribution in [0.15, 0.2) is 66.7 Å². The maximum absolute atomic E-state index is 13.4. The Kier molecular flexibility index (Phi) is 11.9. The molecule has 0 aliphatic heterocycles. The summed E-state index contributed by atoms with van der Waals surface area (Å²) in [7, 11) is -1.51. The van der Waals surface area contributed by atoms with Crippen LogP contribution in [0.1, 0.15) is 11.1 Å². The lowest BCUT2D eigenvalue weighted by molar-refractivity contribution is -0.0428. The number of benzene rings is 2.